The van der Waals surface area contributed by atoms with Crippen LogP contribution in [0.15, 0.2) is 47.2 Å². The van der Waals surface area contributed by atoms with Crippen molar-refractivity contribution < 1.29 is 58.7 Å². The Morgan fingerprint density at radius 2 is 1.76 bits per heavy atom. The minimum absolute atomic E-state index is 0.0190. The third-order valence-corrected chi connectivity index (χ3v) is 9.68. The van der Waals surface area contributed by atoms with Crippen molar-refractivity contribution in [3.63, 3.8) is 0 Å². The van der Waals surface area contributed by atoms with Gasteiger partial charge >= 0.3 is 11.9 Å². The van der Waals surface area contributed by atoms with E-state index in [4.69, 9.17) is 26.9 Å². The number of ketones is 1. The number of carbonyl (C=O) groups is 7. The lowest BCUT2D eigenvalue weighted by Gasteiger charge is -2.40. The Morgan fingerprint density at radius 1 is 1.11 bits per heavy atom. The zero-order chi connectivity index (χ0) is 41.5. The molecule has 18 nitrogen and oxygen atoms in total. The number of aliphatic hydroxyl groups excluding tert-OH is 1. The van der Waals surface area contributed by atoms with Gasteiger partial charge in [-0.1, -0.05) is 37.6 Å². The Labute approximate surface area is 321 Å². The minimum Gasteiger partial charge on any atom is -0.503 e. The summed E-state index contributed by atoms with van der Waals surface area (Å²) in [4.78, 5) is 92.9. The normalized spacial score (nSPS) is 24.8. The van der Waals surface area contributed by atoms with Crippen LogP contribution in [0.2, 0.25) is 5.02 Å². The van der Waals surface area contributed by atoms with Crippen LogP contribution in [0.5, 0.6) is 11.5 Å². The molecule has 0 saturated carbocycles. The molecule has 0 saturated heterocycles. The number of fused-ring (bicyclic) bond motifs is 2. The third kappa shape index (κ3) is 9.94. The quantitative estimate of drug-likeness (QED) is 0.0808. The fourth-order valence-electron chi connectivity index (χ4n) is 5.89. The molecule has 55 heavy (non-hydrogen) atoms. The molecule has 0 radical (unpaired) electrons. The van der Waals surface area contributed by atoms with Crippen LogP contribution >= 0.6 is 11.6 Å². The first-order chi connectivity index (χ1) is 25.7. The Bertz CT molecular complexity index is 1880. The van der Waals surface area contributed by atoms with Crippen LogP contribution in [0.4, 0.5) is 0 Å². The average molecular weight is 789 g/mol. The number of aliphatic carboxylic acids is 2. The van der Waals surface area contributed by atoms with Crippen LogP contribution in [0.1, 0.15) is 65.5 Å². The van der Waals surface area contributed by atoms with E-state index in [2.05, 4.69) is 21.3 Å². The minimum atomic E-state index is -1.76. The maximum Gasteiger partial charge on any atom is 0.332 e. The van der Waals surface area contributed by atoms with Crippen molar-refractivity contribution in [2.45, 2.75) is 89.8 Å². The molecule has 2 aliphatic heterocycles. The summed E-state index contributed by atoms with van der Waals surface area (Å²) >= 11 is 6.32. The number of allylic oxidation sites excluding steroid dienone is 2. The number of rotatable bonds is 12. The maximum absolute atomic E-state index is 14.6. The molecule has 2 bridgehead atoms. The lowest BCUT2D eigenvalue weighted by molar-refractivity contribution is -0.146. The summed E-state index contributed by atoms with van der Waals surface area (Å²) in [5.41, 5.74) is -2.78. The van der Waals surface area contributed by atoms with E-state index in [0.717, 1.165) is 4.90 Å². The first-order valence-electron chi connectivity index (χ1n) is 17.1. The molecule has 0 fully saturated rings. The Morgan fingerprint density at radius 3 is 2.31 bits per heavy atom. The molecular weight excluding hydrogens is 744 g/mol. The van der Waals surface area contributed by atoms with Crippen LogP contribution in [-0.4, -0.2) is 116 Å². The lowest BCUT2D eigenvalue weighted by Crippen LogP contribution is -2.66. The summed E-state index contributed by atoms with van der Waals surface area (Å²) < 4.78 is 6.26. The van der Waals surface area contributed by atoms with E-state index in [-0.39, 0.29) is 47.1 Å². The standard InChI is InChI=1S/C36H45ClN6O12/c1-7-16(3)25(22(44)13-19(35(53)54)15-24(45)46)40-31(49)21-10-9-11-43(21)34(52)30-36(5,8-2)55-23-14-18(12-20(37)29(23)48)28(47)27(39-6)33(51)41-26(17(4)38)32(50)42-30/h9-10,12,14-15,21,26-28,30,38-39,47-48H,7-8,11,13H2,1-6H3,(H,40,49)(H,41,51)(H,42,50)(H,45,46)(H,53,54)/b19-15-,25-16+,38-17?/t21-,26-,27-,28-,30+,36+/m0/s1. The highest BCUT2D eigenvalue weighted by Crippen LogP contribution is 2.41. The molecular formula is C36H45ClN6O12. The molecule has 2 heterocycles. The SMILES string of the molecule is CC/C(C)=C(/NC(=O)[C@@H]1C=CCN1C(=O)[C@H]1NC(=O)[C@H](C(C)=N)NC(=O)[C@@H](NC)[C@@H](O)c2cc(Cl)c(O)c(c2)O[C@]1(C)CC)C(=O)C/C(=C/C(=O)O)C(=O)O. The van der Waals surface area contributed by atoms with Gasteiger partial charge in [0.1, 0.15) is 35.9 Å². The molecule has 6 atom stereocenters. The van der Waals surface area contributed by atoms with E-state index in [0.29, 0.717) is 11.6 Å². The van der Waals surface area contributed by atoms with E-state index in [1.807, 2.05) is 0 Å². The summed E-state index contributed by atoms with van der Waals surface area (Å²) in [7, 11) is 1.37. The van der Waals surface area contributed by atoms with Crippen LogP contribution in [-0.2, 0) is 33.6 Å². The number of nitrogens with zero attached hydrogens (tertiary/aromatic N) is 1. The summed E-state index contributed by atoms with van der Waals surface area (Å²) in [6.07, 6.45) is 0.909. The topological polar surface area (TPSA) is 285 Å². The van der Waals surface area contributed by atoms with Gasteiger partial charge < -0.3 is 56.7 Å². The number of Topliss-reactive ketones (excluding diaryl/α,β-unsaturated/α-hetero) is 1. The maximum atomic E-state index is 14.6. The van der Waals surface area contributed by atoms with Gasteiger partial charge in [0.15, 0.2) is 17.3 Å². The van der Waals surface area contributed by atoms with Gasteiger partial charge in [-0.25, -0.2) is 9.59 Å². The number of aliphatic hydroxyl groups is 1. The van der Waals surface area contributed by atoms with Crippen molar-refractivity contribution in [2.24, 2.45) is 0 Å². The van der Waals surface area contributed by atoms with Gasteiger partial charge in [-0.3, -0.25) is 24.0 Å². The third-order valence-electron chi connectivity index (χ3n) is 9.39. The number of aromatic hydroxyl groups is 1. The first kappa shape index (κ1) is 43.8. The molecule has 0 aliphatic carbocycles. The molecule has 1 aromatic carbocycles. The Kier molecular flexibility index (Phi) is 14.5. The fraction of sp³-hybridized carbons (Fsp3) is 0.444. The number of carbonyl (C=O) groups excluding carboxylic acids is 5. The molecule has 3 rings (SSSR count). The van der Waals surface area contributed by atoms with Crippen molar-refractivity contribution in [1.82, 2.24) is 26.2 Å². The second-order valence-electron chi connectivity index (χ2n) is 13.2. The highest BCUT2D eigenvalue weighted by atomic mass is 35.5. The van der Waals surface area contributed by atoms with Crippen LogP contribution < -0.4 is 26.0 Å². The fourth-order valence-corrected chi connectivity index (χ4v) is 6.11. The van der Waals surface area contributed by atoms with E-state index in [9.17, 15) is 48.9 Å². The van der Waals surface area contributed by atoms with Crippen LogP contribution in [0.25, 0.3) is 0 Å². The average Bonchev–Trinajstić information content (AvgIpc) is 3.62. The Hall–Kier alpha value is -5.59. The van der Waals surface area contributed by atoms with Gasteiger partial charge in [0, 0.05) is 24.8 Å². The summed E-state index contributed by atoms with van der Waals surface area (Å²) in [6.45, 7) is 7.27. The van der Waals surface area contributed by atoms with Crippen molar-refractivity contribution in [2.75, 3.05) is 13.6 Å². The smallest absolute Gasteiger partial charge is 0.332 e. The predicted octanol–water partition coefficient (Wildman–Crippen LogP) is 0.859. The predicted molar refractivity (Wildman–Crippen MR) is 196 cm³/mol. The van der Waals surface area contributed by atoms with Crippen molar-refractivity contribution in [3.05, 3.63) is 57.8 Å². The largest absolute Gasteiger partial charge is 0.503 e. The number of halogens is 1. The zero-order valence-electron chi connectivity index (χ0n) is 31.0. The summed E-state index contributed by atoms with van der Waals surface area (Å²) in [6, 6.07) is -3.72. The second kappa shape index (κ2) is 18.2. The number of nitrogens with one attached hydrogen (secondary N) is 5. The number of phenolic OH excluding ortho intramolecular Hbond substituents is 1. The molecule has 19 heteroatoms. The van der Waals surface area contributed by atoms with E-state index < -0.39 is 95.0 Å². The molecule has 298 valence electrons. The zero-order valence-corrected chi connectivity index (χ0v) is 31.7. The van der Waals surface area contributed by atoms with Crippen LogP contribution in [0, 0.1) is 5.41 Å². The number of ether oxygens (including phenoxy) is 1. The lowest BCUT2D eigenvalue weighted by atomic mass is 9.90. The Balaban J connectivity index is 2.11. The number of benzene rings is 1. The number of amides is 4. The van der Waals surface area contributed by atoms with Gasteiger partial charge in [0.05, 0.1) is 16.3 Å². The number of likely N-dealkylation sites (N-methyl/N-ethyl adjacent to an activating group) is 1. The first-order valence-corrected chi connectivity index (χ1v) is 17.5. The van der Waals surface area contributed by atoms with E-state index >= 15 is 0 Å². The van der Waals surface area contributed by atoms with Crippen molar-refractivity contribution in [3.8, 4) is 11.5 Å². The summed E-state index contributed by atoms with van der Waals surface area (Å²) in [5, 5.41) is 58.8. The molecule has 0 aromatic heterocycles. The molecule has 4 amide bonds. The van der Waals surface area contributed by atoms with Gasteiger partial charge in [0.2, 0.25) is 11.8 Å². The molecule has 1 aromatic rings. The van der Waals surface area contributed by atoms with Gasteiger partial charge in [-0.2, -0.15) is 0 Å². The molecule has 0 unspecified atom stereocenters. The van der Waals surface area contributed by atoms with Gasteiger partial charge in [-0.15, -0.1) is 0 Å². The molecule has 2 aliphatic rings. The monoisotopic (exact) mass is 788 g/mol. The van der Waals surface area contributed by atoms with Gasteiger partial charge in [-0.05, 0) is 63.9 Å². The molecule has 0 spiro atoms. The summed E-state index contributed by atoms with van der Waals surface area (Å²) in [5.74, 6) is -8.77. The number of phenols is 1. The number of hydrogen-bond acceptors (Lipinski definition) is 12. The van der Waals surface area contributed by atoms with Crippen molar-refractivity contribution >= 4 is 58.7 Å². The highest BCUT2D eigenvalue weighted by Gasteiger charge is 2.48. The number of carboxylic acid groups (broad SMARTS) is 2. The van der Waals surface area contributed by atoms with Crippen LogP contribution in [0.3, 0.4) is 0 Å². The van der Waals surface area contributed by atoms with E-state index in [1.165, 1.54) is 52.1 Å². The van der Waals surface area contributed by atoms with Crippen molar-refractivity contribution in [1.29, 1.82) is 5.41 Å². The molecule has 9 N–H and O–H groups in total. The van der Waals surface area contributed by atoms with E-state index in [1.54, 1.807) is 13.8 Å². The second-order valence-corrected chi connectivity index (χ2v) is 13.6. The number of hydrogen-bond donors (Lipinski definition) is 9. The highest BCUT2D eigenvalue weighted by molar-refractivity contribution is 6.32. The van der Waals surface area contributed by atoms with Gasteiger partial charge in [0.25, 0.3) is 11.8 Å². The number of carboxylic acids is 2.